The predicted octanol–water partition coefficient (Wildman–Crippen LogP) is 5.69. The predicted molar refractivity (Wildman–Crippen MR) is 104 cm³/mol. The summed E-state index contributed by atoms with van der Waals surface area (Å²) >= 11 is 7.63. The molecule has 2 aromatic carbocycles. The van der Waals surface area contributed by atoms with E-state index in [-0.39, 0.29) is 5.82 Å². The molecule has 0 N–H and O–H groups in total. The highest BCUT2D eigenvalue weighted by molar-refractivity contribution is 7.14. The summed E-state index contributed by atoms with van der Waals surface area (Å²) < 4.78 is 15.2. The Labute approximate surface area is 159 Å². The van der Waals surface area contributed by atoms with Gasteiger partial charge in [-0.3, -0.25) is 0 Å². The molecule has 6 heteroatoms. The molecule has 0 saturated heterocycles. The van der Waals surface area contributed by atoms with Crippen molar-refractivity contribution in [2.75, 3.05) is 0 Å². The number of benzene rings is 2. The first-order chi connectivity index (χ1) is 12.6. The monoisotopic (exact) mass is 383 g/mol. The van der Waals surface area contributed by atoms with Crippen molar-refractivity contribution < 1.29 is 4.39 Å². The molecule has 0 fully saturated rings. The molecule has 3 nitrogen and oxygen atoms in total. The highest BCUT2D eigenvalue weighted by Crippen LogP contribution is 2.27. The van der Waals surface area contributed by atoms with E-state index in [1.54, 1.807) is 23.5 Å². The largest absolute Gasteiger partial charge is 0.303 e. The third kappa shape index (κ3) is 3.54. The van der Waals surface area contributed by atoms with Crippen molar-refractivity contribution in [2.45, 2.75) is 13.3 Å². The smallest absolute Gasteiger partial charge is 0.143 e. The van der Waals surface area contributed by atoms with E-state index in [0.717, 1.165) is 32.7 Å². The third-order valence-electron chi connectivity index (χ3n) is 4.00. The van der Waals surface area contributed by atoms with E-state index in [0.29, 0.717) is 11.4 Å². The van der Waals surface area contributed by atoms with E-state index < -0.39 is 0 Å². The Balaban J connectivity index is 1.77. The summed E-state index contributed by atoms with van der Waals surface area (Å²) in [6.45, 7) is 2.02. The summed E-state index contributed by atoms with van der Waals surface area (Å²) in [6.07, 6.45) is 4.43. The van der Waals surface area contributed by atoms with Gasteiger partial charge < -0.3 is 4.57 Å². The Morgan fingerprint density at radius 2 is 1.81 bits per heavy atom. The first-order valence-corrected chi connectivity index (χ1v) is 9.29. The van der Waals surface area contributed by atoms with Crippen LogP contribution in [0.3, 0.4) is 0 Å². The fourth-order valence-corrected chi connectivity index (χ4v) is 3.57. The molecule has 0 bridgehead atoms. The molecule has 4 aromatic rings. The summed E-state index contributed by atoms with van der Waals surface area (Å²) in [5.41, 5.74) is 2.79. The van der Waals surface area contributed by atoms with Crippen LogP contribution in [-0.4, -0.2) is 14.5 Å². The topological polar surface area (TPSA) is 30.7 Å². The minimum Gasteiger partial charge on any atom is -0.303 e. The number of hydrogen-bond donors (Lipinski definition) is 0. The zero-order valence-electron chi connectivity index (χ0n) is 14.0. The first-order valence-electron chi connectivity index (χ1n) is 8.10. The zero-order chi connectivity index (χ0) is 18.1. The van der Waals surface area contributed by atoms with Gasteiger partial charge in [0, 0.05) is 34.4 Å². The van der Waals surface area contributed by atoms with Crippen molar-refractivity contribution in [2.24, 2.45) is 0 Å². The third-order valence-corrected chi connectivity index (χ3v) is 5.19. The molecular formula is C20H15ClFN3S. The van der Waals surface area contributed by atoms with Crippen LogP contribution in [0.2, 0.25) is 5.02 Å². The number of thiazole rings is 1. The molecule has 0 atom stereocenters. The summed E-state index contributed by atoms with van der Waals surface area (Å²) in [5.74, 6) is 0.621. The van der Waals surface area contributed by atoms with Crippen LogP contribution < -0.4 is 0 Å². The highest BCUT2D eigenvalue weighted by atomic mass is 35.5. The van der Waals surface area contributed by atoms with Crippen molar-refractivity contribution in [3.63, 3.8) is 0 Å². The number of hydrogen-bond acceptors (Lipinski definition) is 3. The molecule has 130 valence electrons. The maximum atomic E-state index is 13.2. The van der Waals surface area contributed by atoms with Crippen LogP contribution in [0.5, 0.6) is 0 Å². The Morgan fingerprint density at radius 3 is 2.46 bits per heavy atom. The lowest BCUT2D eigenvalue weighted by Crippen LogP contribution is -2.01. The zero-order valence-corrected chi connectivity index (χ0v) is 15.6. The van der Waals surface area contributed by atoms with Gasteiger partial charge in [0.2, 0.25) is 0 Å². The molecule has 4 rings (SSSR count). The minimum absolute atomic E-state index is 0.242. The second kappa shape index (κ2) is 7.02. The van der Waals surface area contributed by atoms with Gasteiger partial charge in [0.25, 0.3) is 0 Å². The minimum atomic E-state index is -0.242. The normalized spacial score (nSPS) is 11.0. The van der Waals surface area contributed by atoms with Gasteiger partial charge in [-0.05, 0) is 48.9 Å². The SMILES string of the molecule is Cc1cnc(-c2cn(-c3ccc(Cl)cc3)c(Cc3ccc(F)cc3)n2)s1. The number of aromatic nitrogens is 3. The standard InChI is InChI=1S/C20H15ClFN3S/c1-13-11-23-20(26-13)18-12-25(17-8-4-15(21)5-9-17)19(24-18)10-14-2-6-16(22)7-3-14/h2-9,11-12H,10H2,1H3. The molecule has 2 aromatic heterocycles. The Hall–Kier alpha value is -2.50. The molecule has 0 amide bonds. The van der Waals surface area contributed by atoms with Crippen LogP contribution in [0.25, 0.3) is 16.4 Å². The highest BCUT2D eigenvalue weighted by Gasteiger charge is 2.14. The van der Waals surface area contributed by atoms with Crippen LogP contribution in [0.4, 0.5) is 4.39 Å². The van der Waals surface area contributed by atoms with Crippen LogP contribution >= 0.6 is 22.9 Å². The number of halogens is 2. The van der Waals surface area contributed by atoms with E-state index >= 15 is 0 Å². The van der Waals surface area contributed by atoms with Crippen molar-refractivity contribution in [1.82, 2.24) is 14.5 Å². The van der Waals surface area contributed by atoms with Gasteiger partial charge >= 0.3 is 0 Å². The van der Waals surface area contributed by atoms with Crippen molar-refractivity contribution in [3.05, 3.63) is 88.0 Å². The lowest BCUT2D eigenvalue weighted by Gasteiger charge is -2.08. The van der Waals surface area contributed by atoms with Gasteiger partial charge in [-0.15, -0.1) is 11.3 Å². The number of nitrogens with zero attached hydrogens (tertiary/aromatic N) is 3. The Morgan fingerprint density at radius 1 is 1.08 bits per heavy atom. The Kier molecular flexibility index (Phi) is 4.57. The van der Waals surface area contributed by atoms with Crippen molar-refractivity contribution >= 4 is 22.9 Å². The first kappa shape index (κ1) is 16.9. The molecule has 0 spiro atoms. The summed E-state index contributed by atoms with van der Waals surface area (Å²) in [5, 5.41) is 1.57. The molecule has 0 radical (unpaired) electrons. The number of rotatable bonds is 4. The van der Waals surface area contributed by atoms with Gasteiger partial charge in [-0.1, -0.05) is 23.7 Å². The average molecular weight is 384 g/mol. The number of aryl methyl sites for hydroxylation is 1. The summed E-state index contributed by atoms with van der Waals surface area (Å²) in [4.78, 5) is 10.4. The van der Waals surface area contributed by atoms with Crippen LogP contribution in [0.15, 0.2) is 60.9 Å². The van der Waals surface area contributed by atoms with Crippen LogP contribution in [0.1, 0.15) is 16.3 Å². The van der Waals surface area contributed by atoms with E-state index in [1.165, 1.54) is 12.1 Å². The van der Waals surface area contributed by atoms with E-state index in [1.807, 2.05) is 48.1 Å². The maximum Gasteiger partial charge on any atom is 0.143 e. The van der Waals surface area contributed by atoms with Crippen molar-refractivity contribution in [3.8, 4) is 16.4 Å². The molecule has 0 unspecified atom stereocenters. The second-order valence-corrected chi connectivity index (χ2v) is 7.64. The molecule has 0 saturated carbocycles. The summed E-state index contributed by atoms with van der Waals surface area (Å²) in [6, 6.07) is 14.1. The van der Waals surface area contributed by atoms with Crippen LogP contribution in [0, 0.1) is 12.7 Å². The van der Waals surface area contributed by atoms with E-state index in [2.05, 4.69) is 4.98 Å². The molecule has 0 aliphatic rings. The Bertz CT molecular complexity index is 1040. The van der Waals surface area contributed by atoms with Crippen LogP contribution in [-0.2, 0) is 6.42 Å². The second-order valence-electron chi connectivity index (χ2n) is 5.97. The molecular weight excluding hydrogens is 369 g/mol. The fourth-order valence-electron chi connectivity index (χ4n) is 2.73. The molecule has 26 heavy (non-hydrogen) atoms. The van der Waals surface area contributed by atoms with Gasteiger partial charge in [0.15, 0.2) is 0 Å². The van der Waals surface area contributed by atoms with Gasteiger partial charge in [-0.2, -0.15) is 0 Å². The van der Waals surface area contributed by atoms with E-state index in [4.69, 9.17) is 16.6 Å². The van der Waals surface area contributed by atoms with Gasteiger partial charge in [0.1, 0.15) is 22.3 Å². The molecule has 0 aliphatic carbocycles. The lowest BCUT2D eigenvalue weighted by atomic mass is 10.1. The van der Waals surface area contributed by atoms with Gasteiger partial charge in [-0.25, -0.2) is 14.4 Å². The van der Waals surface area contributed by atoms with Crippen molar-refractivity contribution in [1.29, 1.82) is 0 Å². The average Bonchev–Trinajstić information content (AvgIpc) is 3.24. The van der Waals surface area contributed by atoms with Gasteiger partial charge in [0.05, 0.1) is 0 Å². The molecule has 2 heterocycles. The lowest BCUT2D eigenvalue weighted by molar-refractivity contribution is 0.627. The fraction of sp³-hybridized carbons (Fsp3) is 0.100. The number of imidazole rings is 1. The maximum absolute atomic E-state index is 13.2. The molecule has 0 aliphatic heterocycles. The quantitative estimate of drug-likeness (QED) is 0.453. The summed E-state index contributed by atoms with van der Waals surface area (Å²) in [7, 11) is 0. The van der Waals surface area contributed by atoms with E-state index in [9.17, 15) is 4.39 Å².